The Morgan fingerprint density at radius 1 is 0.806 bits per heavy atom. The van der Waals surface area contributed by atoms with Crippen LogP contribution in [0.25, 0.3) is 11.9 Å². The zero-order valence-corrected chi connectivity index (χ0v) is 16.9. The zero-order chi connectivity index (χ0) is 22.4. The van der Waals surface area contributed by atoms with Crippen molar-refractivity contribution in [2.24, 2.45) is 0 Å². The van der Waals surface area contributed by atoms with Gasteiger partial charge >= 0.3 is 11.9 Å². The van der Waals surface area contributed by atoms with E-state index >= 15 is 0 Å². The molecule has 4 aromatic heterocycles. The highest BCUT2D eigenvalue weighted by Gasteiger charge is 2.17. The molecule has 0 radical (unpaired) electrons. The molecule has 0 amide bonds. The van der Waals surface area contributed by atoms with Crippen LogP contribution in [0.15, 0.2) is 49.1 Å². The molecule has 4 heterocycles. The standard InChI is InChI=1S/C10H10N4O2.C9H8N4O2/c1-7-6-8(9(15)16-2)14(13-7)10-11-4-3-5-12-10;1-6-5-7(8(14)15)13(12-6)9-10-3-2-4-11-9/h3-6H,1-2H3;2-5H,1H3,(H,14,15). The van der Waals surface area contributed by atoms with Gasteiger partial charge in [0, 0.05) is 24.8 Å². The van der Waals surface area contributed by atoms with Crippen molar-refractivity contribution in [3.05, 3.63) is 71.8 Å². The Kier molecular flexibility index (Phi) is 6.40. The number of rotatable bonds is 4. The summed E-state index contributed by atoms with van der Waals surface area (Å²) in [6.45, 7) is 3.50. The van der Waals surface area contributed by atoms with Crippen LogP contribution in [0, 0.1) is 13.8 Å². The summed E-state index contributed by atoms with van der Waals surface area (Å²) in [6.07, 6.45) is 6.23. The number of nitrogens with zero attached hydrogens (tertiary/aromatic N) is 8. The number of carboxylic acid groups (broad SMARTS) is 1. The lowest BCUT2D eigenvalue weighted by Gasteiger charge is -2.02. The first kappa shape index (κ1) is 21.2. The Balaban J connectivity index is 0.000000176. The van der Waals surface area contributed by atoms with E-state index in [4.69, 9.17) is 5.11 Å². The number of ether oxygens (including phenoxy) is 1. The van der Waals surface area contributed by atoms with Gasteiger partial charge in [0.25, 0.3) is 11.9 Å². The summed E-state index contributed by atoms with van der Waals surface area (Å²) in [5.41, 5.74) is 1.68. The van der Waals surface area contributed by atoms with Crippen molar-refractivity contribution < 1.29 is 19.4 Å². The summed E-state index contributed by atoms with van der Waals surface area (Å²) < 4.78 is 7.22. The number of hydrogen-bond acceptors (Lipinski definition) is 9. The molecule has 158 valence electrons. The van der Waals surface area contributed by atoms with Crippen LogP contribution >= 0.6 is 0 Å². The largest absolute Gasteiger partial charge is 0.477 e. The molecule has 0 aliphatic rings. The molecule has 4 aromatic rings. The highest BCUT2D eigenvalue weighted by Crippen LogP contribution is 2.09. The van der Waals surface area contributed by atoms with Gasteiger partial charge in [0.1, 0.15) is 0 Å². The maximum atomic E-state index is 11.5. The molecule has 0 aliphatic heterocycles. The van der Waals surface area contributed by atoms with Gasteiger partial charge in [-0.3, -0.25) is 0 Å². The van der Waals surface area contributed by atoms with Gasteiger partial charge in [0.2, 0.25) is 0 Å². The lowest BCUT2D eigenvalue weighted by molar-refractivity contribution is 0.0589. The zero-order valence-electron chi connectivity index (χ0n) is 16.9. The van der Waals surface area contributed by atoms with Gasteiger partial charge in [0.15, 0.2) is 11.4 Å². The fourth-order valence-electron chi connectivity index (χ4n) is 2.51. The second-order valence-corrected chi connectivity index (χ2v) is 6.06. The molecule has 0 fully saturated rings. The van der Waals surface area contributed by atoms with Gasteiger partial charge < -0.3 is 9.84 Å². The Morgan fingerprint density at radius 3 is 1.65 bits per heavy atom. The lowest BCUT2D eigenvalue weighted by Crippen LogP contribution is -2.12. The molecule has 0 spiro atoms. The van der Waals surface area contributed by atoms with Crippen molar-refractivity contribution in [2.75, 3.05) is 7.11 Å². The molecule has 4 rings (SSSR count). The first-order valence-corrected chi connectivity index (χ1v) is 8.90. The van der Waals surface area contributed by atoms with E-state index in [1.807, 2.05) is 0 Å². The van der Waals surface area contributed by atoms with Gasteiger partial charge in [-0.15, -0.1) is 0 Å². The van der Waals surface area contributed by atoms with Crippen molar-refractivity contribution in [2.45, 2.75) is 13.8 Å². The third-order valence-electron chi connectivity index (χ3n) is 3.76. The molecule has 31 heavy (non-hydrogen) atoms. The van der Waals surface area contributed by atoms with E-state index < -0.39 is 11.9 Å². The molecular weight excluding hydrogens is 404 g/mol. The first-order chi connectivity index (χ1) is 14.9. The van der Waals surface area contributed by atoms with Crippen LogP contribution in [-0.4, -0.2) is 63.7 Å². The van der Waals surface area contributed by atoms with E-state index in [0.717, 1.165) is 0 Å². The molecule has 0 aliphatic carbocycles. The molecule has 0 unspecified atom stereocenters. The van der Waals surface area contributed by atoms with Crippen molar-refractivity contribution in [3.8, 4) is 11.9 Å². The number of aryl methyl sites for hydroxylation is 2. The third kappa shape index (κ3) is 4.93. The number of esters is 1. The number of carbonyl (C=O) groups is 2. The van der Waals surface area contributed by atoms with Crippen molar-refractivity contribution in [1.29, 1.82) is 0 Å². The smallest absolute Gasteiger partial charge is 0.356 e. The van der Waals surface area contributed by atoms with E-state index in [9.17, 15) is 9.59 Å². The lowest BCUT2D eigenvalue weighted by atomic mass is 10.4. The van der Waals surface area contributed by atoms with Crippen molar-refractivity contribution >= 4 is 11.9 Å². The molecule has 12 heteroatoms. The fraction of sp³-hybridized carbons (Fsp3) is 0.158. The predicted octanol–water partition coefficient (Wildman–Crippen LogP) is 1.43. The van der Waals surface area contributed by atoms with Crippen molar-refractivity contribution in [1.82, 2.24) is 39.5 Å². The number of aromatic nitrogens is 8. The molecule has 0 saturated heterocycles. The number of hydrogen-bond donors (Lipinski definition) is 1. The normalized spacial score (nSPS) is 10.2. The summed E-state index contributed by atoms with van der Waals surface area (Å²) in [5.74, 6) is -0.921. The summed E-state index contributed by atoms with van der Waals surface area (Å²) in [7, 11) is 1.32. The molecular formula is C19H18N8O4. The Morgan fingerprint density at radius 2 is 1.23 bits per heavy atom. The quantitative estimate of drug-likeness (QED) is 0.478. The van der Waals surface area contributed by atoms with Crippen LogP contribution < -0.4 is 0 Å². The number of methoxy groups -OCH3 is 1. The van der Waals surface area contributed by atoms with Gasteiger partial charge in [0.05, 0.1) is 18.5 Å². The van der Waals surface area contributed by atoms with Crippen LogP contribution in [0.3, 0.4) is 0 Å². The number of carbonyl (C=O) groups excluding carboxylic acids is 1. The highest BCUT2D eigenvalue weighted by molar-refractivity contribution is 5.88. The Hall–Kier alpha value is -4.48. The molecule has 0 bridgehead atoms. The molecule has 0 saturated carbocycles. The van der Waals surface area contributed by atoms with E-state index in [1.165, 1.54) is 34.9 Å². The summed E-state index contributed by atoms with van der Waals surface area (Å²) in [5, 5.41) is 17.1. The van der Waals surface area contributed by atoms with Gasteiger partial charge in [-0.25, -0.2) is 29.5 Å². The minimum Gasteiger partial charge on any atom is -0.477 e. The van der Waals surface area contributed by atoms with Crippen LogP contribution in [0.1, 0.15) is 32.4 Å². The third-order valence-corrected chi connectivity index (χ3v) is 3.76. The maximum Gasteiger partial charge on any atom is 0.356 e. The molecule has 1 N–H and O–H groups in total. The van der Waals surface area contributed by atoms with E-state index in [1.54, 1.807) is 44.4 Å². The highest BCUT2D eigenvalue weighted by atomic mass is 16.5. The Labute approximate surface area is 176 Å². The second kappa shape index (κ2) is 9.35. The van der Waals surface area contributed by atoms with Gasteiger partial charge in [-0.2, -0.15) is 19.6 Å². The van der Waals surface area contributed by atoms with Crippen LogP contribution in [0.5, 0.6) is 0 Å². The van der Waals surface area contributed by atoms with Crippen molar-refractivity contribution in [3.63, 3.8) is 0 Å². The topological polar surface area (TPSA) is 151 Å². The number of aromatic carboxylic acids is 1. The number of carboxylic acids is 1. The van der Waals surface area contributed by atoms with Gasteiger partial charge in [-0.05, 0) is 38.1 Å². The minimum atomic E-state index is -1.05. The summed E-state index contributed by atoms with van der Waals surface area (Å²) in [6, 6.07) is 6.44. The van der Waals surface area contributed by atoms with Crippen LogP contribution in [0.4, 0.5) is 0 Å². The predicted molar refractivity (Wildman–Crippen MR) is 106 cm³/mol. The molecule has 0 atom stereocenters. The van der Waals surface area contributed by atoms with Crippen LogP contribution in [0.2, 0.25) is 0 Å². The Bertz CT molecular complexity index is 1190. The van der Waals surface area contributed by atoms with Gasteiger partial charge in [-0.1, -0.05) is 0 Å². The van der Waals surface area contributed by atoms with E-state index in [2.05, 4.69) is 34.9 Å². The average molecular weight is 422 g/mol. The van der Waals surface area contributed by atoms with E-state index in [0.29, 0.717) is 23.0 Å². The SMILES string of the molecule is COC(=O)c1cc(C)nn1-c1ncccn1.Cc1cc(C(=O)O)n(-c2ncccn2)n1. The molecule has 0 aromatic carbocycles. The summed E-state index contributed by atoms with van der Waals surface area (Å²) >= 11 is 0. The average Bonchev–Trinajstić information content (AvgIpc) is 3.38. The van der Waals surface area contributed by atoms with E-state index in [-0.39, 0.29) is 11.6 Å². The second-order valence-electron chi connectivity index (χ2n) is 6.06. The minimum absolute atomic E-state index is 0.0544. The monoisotopic (exact) mass is 422 g/mol. The summed E-state index contributed by atoms with van der Waals surface area (Å²) in [4.78, 5) is 38.3. The molecule has 12 nitrogen and oxygen atoms in total. The first-order valence-electron chi connectivity index (χ1n) is 8.90. The fourth-order valence-corrected chi connectivity index (χ4v) is 2.51. The van der Waals surface area contributed by atoms with Crippen LogP contribution in [-0.2, 0) is 4.74 Å². The maximum absolute atomic E-state index is 11.5.